The molecule has 0 spiro atoms. The predicted molar refractivity (Wildman–Crippen MR) is 81.0 cm³/mol. The van der Waals surface area contributed by atoms with Crippen molar-refractivity contribution >= 4 is 32.5 Å². The van der Waals surface area contributed by atoms with Gasteiger partial charge in [-0.1, -0.05) is 18.2 Å². The number of rotatable bonds is 3. The van der Waals surface area contributed by atoms with Gasteiger partial charge in [0.1, 0.15) is 0 Å². The van der Waals surface area contributed by atoms with Crippen molar-refractivity contribution in [1.82, 2.24) is 9.29 Å². The van der Waals surface area contributed by atoms with Gasteiger partial charge in [0, 0.05) is 11.6 Å². The van der Waals surface area contributed by atoms with Crippen LogP contribution in [0.5, 0.6) is 0 Å². The first-order chi connectivity index (χ1) is 10.4. The first kappa shape index (κ1) is 14.4. The van der Waals surface area contributed by atoms with E-state index in [1.807, 2.05) is 6.07 Å². The Morgan fingerprint density at radius 1 is 1.23 bits per heavy atom. The highest BCUT2D eigenvalue weighted by molar-refractivity contribution is 7.89. The molecule has 0 saturated carbocycles. The number of carbonyl (C=O) groups is 1. The fraction of sp³-hybridized carbons (Fsp3) is 0.0714. The molecule has 2 aromatic heterocycles. The van der Waals surface area contributed by atoms with E-state index in [1.54, 1.807) is 18.2 Å². The minimum atomic E-state index is -3.73. The van der Waals surface area contributed by atoms with E-state index < -0.39 is 15.9 Å². The van der Waals surface area contributed by atoms with E-state index in [4.69, 9.17) is 10.2 Å². The zero-order valence-corrected chi connectivity index (χ0v) is 12.4. The summed E-state index contributed by atoms with van der Waals surface area (Å²) in [6.07, 6.45) is 1.49. The van der Waals surface area contributed by atoms with Crippen LogP contribution in [-0.4, -0.2) is 25.9 Å². The number of sulfonamides is 1. The second-order valence-electron chi connectivity index (χ2n) is 4.60. The van der Waals surface area contributed by atoms with Gasteiger partial charge in [0.05, 0.1) is 11.2 Å². The molecule has 0 unspecified atom stereocenters. The van der Waals surface area contributed by atoms with Crippen molar-refractivity contribution in [3.8, 4) is 0 Å². The van der Waals surface area contributed by atoms with Crippen molar-refractivity contribution in [3.63, 3.8) is 0 Å². The second-order valence-corrected chi connectivity index (χ2v) is 6.42. The standard InChI is InChI=1S/C14H13N3O4S/c1-16-22(19,20)13-7-6-12(21-13)14(18)17-8-10(15)9-4-2-3-5-11(9)17/h2-8,16H,15H2,1H3. The van der Waals surface area contributed by atoms with Crippen molar-refractivity contribution in [2.24, 2.45) is 0 Å². The molecular formula is C14H13N3O4S. The molecule has 0 bridgehead atoms. The number of hydrogen-bond donors (Lipinski definition) is 2. The summed E-state index contributed by atoms with van der Waals surface area (Å²) in [4.78, 5) is 12.5. The van der Waals surface area contributed by atoms with Gasteiger partial charge in [-0.25, -0.2) is 13.1 Å². The fourth-order valence-electron chi connectivity index (χ4n) is 2.17. The van der Waals surface area contributed by atoms with Crippen molar-refractivity contribution < 1.29 is 17.6 Å². The highest BCUT2D eigenvalue weighted by atomic mass is 32.2. The van der Waals surface area contributed by atoms with Crippen LogP contribution in [0.4, 0.5) is 5.69 Å². The number of nitrogens with zero attached hydrogens (tertiary/aromatic N) is 1. The maximum absolute atomic E-state index is 12.5. The normalized spacial score (nSPS) is 11.9. The molecular weight excluding hydrogens is 306 g/mol. The van der Waals surface area contributed by atoms with E-state index in [2.05, 4.69) is 4.72 Å². The molecule has 3 N–H and O–H groups in total. The van der Waals surface area contributed by atoms with Crippen LogP contribution >= 0.6 is 0 Å². The third-order valence-corrected chi connectivity index (χ3v) is 4.57. The van der Waals surface area contributed by atoms with Crippen LogP contribution in [0.1, 0.15) is 10.6 Å². The van der Waals surface area contributed by atoms with Gasteiger partial charge in [0.15, 0.2) is 5.76 Å². The summed E-state index contributed by atoms with van der Waals surface area (Å²) in [6.45, 7) is 0. The molecule has 0 fully saturated rings. The zero-order valence-electron chi connectivity index (χ0n) is 11.6. The Bertz CT molecular complexity index is 969. The van der Waals surface area contributed by atoms with Crippen LogP contribution in [0.15, 0.2) is 52.1 Å². The van der Waals surface area contributed by atoms with E-state index >= 15 is 0 Å². The number of para-hydroxylation sites is 1. The van der Waals surface area contributed by atoms with Crippen molar-refractivity contribution in [2.75, 3.05) is 12.8 Å². The first-order valence-corrected chi connectivity index (χ1v) is 7.86. The maximum Gasteiger partial charge on any atom is 0.298 e. The van der Waals surface area contributed by atoms with Gasteiger partial charge in [-0.15, -0.1) is 0 Å². The lowest BCUT2D eigenvalue weighted by Crippen LogP contribution is -2.18. The van der Waals surface area contributed by atoms with Crippen LogP contribution in [0, 0.1) is 0 Å². The average molecular weight is 319 g/mol. The Morgan fingerprint density at radius 2 is 1.95 bits per heavy atom. The molecule has 8 heteroatoms. The van der Waals surface area contributed by atoms with E-state index in [-0.39, 0.29) is 10.9 Å². The Kier molecular flexibility index (Phi) is 3.27. The average Bonchev–Trinajstić information content (AvgIpc) is 3.13. The molecule has 22 heavy (non-hydrogen) atoms. The Balaban J connectivity index is 2.08. The number of nitrogen functional groups attached to an aromatic ring is 1. The van der Waals surface area contributed by atoms with Crippen LogP contribution in [0.25, 0.3) is 10.9 Å². The lowest BCUT2D eigenvalue weighted by atomic mass is 10.2. The monoisotopic (exact) mass is 319 g/mol. The number of nitrogens with two attached hydrogens (primary N) is 1. The summed E-state index contributed by atoms with van der Waals surface area (Å²) in [5.74, 6) is -0.583. The minimum absolute atomic E-state index is 0.0884. The molecule has 114 valence electrons. The molecule has 0 atom stereocenters. The smallest absolute Gasteiger partial charge is 0.298 e. The number of anilines is 1. The number of hydrogen-bond acceptors (Lipinski definition) is 5. The summed E-state index contributed by atoms with van der Waals surface area (Å²) in [5.41, 5.74) is 6.96. The molecule has 0 radical (unpaired) electrons. The largest absolute Gasteiger partial charge is 0.438 e. The maximum atomic E-state index is 12.5. The molecule has 0 amide bonds. The van der Waals surface area contributed by atoms with Crippen LogP contribution < -0.4 is 10.5 Å². The summed E-state index contributed by atoms with van der Waals surface area (Å²) in [5, 5.41) is 0.424. The number of carbonyl (C=O) groups excluding carboxylic acids is 1. The third-order valence-electron chi connectivity index (χ3n) is 3.29. The number of nitrogens with one attached hydrogen (secondary N) is 1. The minimum Gasteiger partial charge on any atom is -0.438 e. The Labute approximate surface area is 126 Å². The van der Waals surface area contributed by atoms with Gasteiger partial charge in [-0.2, -0.15) is 0 Å². The summed E-state index contributed by atoms with van der Waals surface area (Å²) in [7, 11) is -2.47. The summed E-state index contributed by atoms with van der Waals surface area (Å²) < 4.78 is 31.9. The molecule has 0 aliphatic heterocycles. The predicted octanol–water partition coefficient (Wildman–Crippen LogP) is 1.41. The summed E-state index contributed by atoms with van der Waals surface area (Å²) in [6, 6.07) is 9.69. The van der Waals surface area contributed by atoms with Gasteiger partial charge in [-0.05, 0) is 25.2 Å². The van der Waals surface area contributed by atoms with E-state index in [9.17, 15) is 13.2 Å². The highest BCUT2D eigenvalue weighted by Gasteiger charge is 2.21. The lowest BCUT2D eigenvalue weighted by Gasteiger charge is -2.01. The summed E-state index contributed by atoms with van der Waals surface area (Å²) >= 11 is 0. The zero-order chi connectivity index (χ0) is 15.9. The van der Waals surface area contributed by atoms with Crippen molar-refractivity contribution in [2.45, 2.75) is 5.09 Å². The number of benzene rings is 1. The van der Waals surface area contributed by atoms with Crippen LogP contribution in [0.2, 0.25) is 0 Å². The number of aromatic nitrogens is 1. The second kappa shape index (κ2) is 5.00. The molecule has 2 heterocycles. The van der Waals surface area contributed by atoms with E-state index in [1.165, 1.54) is 29.9 Å². The molecule has 3 rings (SSSR count). The Hall–Kier alpha value is -2.58. The van der Waals surface area contributed by atoms with Gasteiger partial charge in [-0.3, -0.25) is 9.36 Å². The number of furan rings is 1. The Morgan fingerprint density at radius 3 is 2.68 bits per heavy atom. The van der Waals surface area contributed by atoms with Crippen LogP contribution in [-0.2, 0) is 10.0 Å². The van der Waals surface area contributed by atoms with Gasteiger partial charge >= 0.3 is 0 Å². The van der Waals surface area contributed by atoms with Crippen molar-refractivity contribution in [3.05, 3.63) is 48.4 Å². The van der Waals surface area contributed by atoms with Gasteiger partial charge in [0.25, 0.3) is 15.9 Å². The molecule has 0 aliphatic rings. The molecule has 0 saturated heterocycles. The fourth-order valence-corrected chi connectivity index (χ4v) is 2.82. The van der Waals surface area contributed by atoms with E-state index in [0.29, 0.717) is 11.2 Å². The molecule has 1 aromatic carbocycles. The third kappa shape index (κ3) is 2.18. The molecule has 3 aromatic rings. The van der Waals surface area contributed by atoms with Crippen molar-refractivity contribution in [1.29, 1.82) is 0 Å². The van der Waals surface area contributed by atoms with Gasteiger partial charge < -0.3 is 10.2 Å². The topological polar surface area (TPSA) is 107 Å². The lowest BCUT2D eigenvalue weighted by molar-refractivity contribution is 0.0932. The number of fused-ring (bicyclic) bond motifs is 1. The molecule has 0 aliphatic carbocycles. The SMILES string of the molecule is CNS(=O)(=O)c1ccc(C(=O)n2cc(N)c3ccccc32)o1. The molecule has 7 nitrogen and oxygen atoms in total. The quantitative estimate of drug-likeness (QED) is 0.759. The van der Waals surface area contributed by atoms with Gasteiger partial charge in [0.2, 0.25) is 5.09 Å². The van der Waals surface area contributed by atoms with E-state index in [0.717, 1.165) is 5.39 Å². The van der Waals surface area contributed by atoms with Crippen LogP contribution in [0.3, 0.4) is 0 Å². The first-order valence-electron chi connectivity index (χ1n) is 6.37. The highest BCUT2D eigenvalue weighted by Crippen LogP contribution is 2.24.